The van der Waals surface area contributed by atoms with E-state index in [-0.39, 0.29) is 43.7 Å². The summed E-state index contributed by atoms with van der Waals surface area (Å²) >= 11 is 0. The average molecular weight is 611 g/mol. The van der Waals surface area contributed by atoms with Crippen LogP contribution in [0.4, 0.5) is 4.79 Å². The molecule has 4 aromatic rings. The Morgan fingerprint density at radius 2 is 1.20 bits per heavy atom. The van der Waals surface area contributed by atoms with Crippen LogP contribution in [0.1, 0.15) is 36.1 Å². The molecule has 45 heavy (non-hydrogen) atoms. The van der Waals surface area contributed by atoms with E-state index in [4.69, 9.17) is 14.2 Å². The molecule has 2 amide bonds. The van der Waals surface area contributed by atoms with Crippen LogP contribution in [0.3, 0.4) is 0 Å². The number of esters is 1. The highest BCUT2D eigenvalue weighted by Gasteiger charge is 2.30. The molecule has 0 fully saturated rings. The number of hydrogen-bond acceptors (Lipinski definition) is 7. The number of hydrogen-bond donors (Lipinski definition) is 3. The number of carbonyl (C=O) groups is 3. The van der Waals surface area contributed by atoms with Gasteiger partial charge in [0.15, 0.2) is 11.5 Å². The van der Waals surface area contributed by atoms with Gasteiger partial charge in [0.05, 0.1) is 0 Å². The average Bonchev–Trinajstić information content (AvgIpc) is 3.06. The number of phenols is 1. The quantitative estimate of drug-likeness (QED) is 0.157. The molecule has 0 aromatic heterocycles. The van der Waals surface area contributed by atoms with E-state index in [1.165, 1.54) is 6.07 Å². The summed E-state index contributed by atoms with van der Waals surface area (Å²) in [5, 5.41) is 15.8. The van der Waals surface area contributed by atoms with Gasteiger partial charge in [-0.05, 0) is 40.3 Å². The molecule has 0 bridgehead atoms. The first-order valence-corrected chi connectivity index (χ1v) is 14.7. The van der Waals surface area contributed by atoms with Crippen molar-refractivity contribution in [3.8, 4) is 11.5 Å². The smallest absolute Gasteiger partial charge is 0.408 e. The predicted molar refractivity (Wildman–Crippen MR) is 169 cm³/mol. The van der Waals surface area contributed by atoms with Crippen LogP contribution in [0.5, 0.6) is 11.5 Å². The maximum Gasteiger partial charge on any atom is 0.408 e. The lowest BCUT2D eigenvalue weighted by atomic mass is 10.0. The third kappa shape index (κ3) is 10.4. The molecule has 9 heteroatoms. The zero-order valence-electron chi connectivity index (χ0n) is 25.3. The Hall–Kier alpha value is -5.31. The van der Waals surface area contributed by atoms with E-state index >= 15 is 0 Å². The molecule has 4 rings (SSSR count). The molecule has 0 spiro atoms. The van der Waals surface area contributed by atoms with E-state index in [0.717, 1.165) is 16.7 Å². The second-order valence-electron chi connectivity index (χ2n) is 10.9. The van der Waals surface area contributed by atoms with E-state index in [9.17, 15) is 19.5 Å². The van der Waals surface area contributed by atoms with Gasteiger partial charge in [-0.15, -0.1) is 0 Å². The molecule has 1 unspecified atom stereocenters. The topological polar surface area (TPSA) is 123 Å². The van der Waals surface area contributed by atoms with Crippen molar-refractivity contribution in [2.24, 2.45) is 5.92 Å². The molecule has 234 valence electrons. The third-order valence-electron chi connectivity index (χ3n) is 6.96. The Morgan fingerprint density at radius 1 is 0.667 bits per heavy atom. The van der Waals surface area contributed by atoms with Crippen molar-refractivity contribution >= 4 is 18.0 Å². The first-order chi connectivity index (χ1) is 21.8. The Balaban J connectivity index is 1.47. The normalized spacial score (nSPS) is 12.1. The number of alkyl carbamates (subject to hydrolysis) is 1. The lowest BCUT2D eigenvalue weighted by molar-refractivity contribution is -0.150. The summed E-state index contributed by atoms with van der Waals surface area (Å²) in [4.78, 5) is 39.5. The lowest BCUT2D eigenvalue weighted by Crippen LogP contribution is -2.54. The van der Waals surface area contributed by atoms with Crippen molar-refractivity contribution in [3.05, 3.63) is 131 Å². The molecule has 0 radical (unpaired) electrons. The van der Waals surface area contributed by atoms with E-state index in [1.807, 2.05) is 91.0 Å². The number of amides is 2. The second kappa shape index (κ2) is 16.5. The molecule has 0 aliphatic rings. The Labute approximate surface area is 263 Å². The van der Waals surface area contributed by atoms with Crippen molar-refractivity contribution in [3.63, 3.8) is 0 Å². The fourth-order valence-electron chi connectivity index (χ4n) is 4.46. The van der Waals surface area contributed by atoms with E-state index in [1.54, 1.807) is 26.0 Å². The summed E-state index contributed by atoms with van der Waals surface area (Å²) in [6, 6.07) is 30.5. The van der Waals surface area contributed by atoms with Gasteiger partial charge >= 0.3 is 12.1 Å². The van der Waals surface area contributed by atoms with Crippen LogP contribution in [0.15, 0.2) is 109 Å². The van der Waals surface area contributed by atoms with Crippen molar-refractivity contribution < 1.29 is 33.7 Å². The highest BCUT2D eigenvalue weighted by molar-refractivity contribution is 5.90. The van der Waals surface area contributed by atoms with E-state index < -0.39 is 30.1 Å². The number of nitrogens with one attached hydrogen (secondary N) is 2. The van der Waals surface area contributed by atoms with Crippen LogP contribution in [-0.2, 0) is 45.3 Å². The van der Waals surface area contributed by atoms with Crippen LogP contribution in [0.25, 0.3) is 0 Å². The fraction of sp³-hybridized carbons (Fsp3) is 0.250. The van der Waals surface area contributed by atoms with Gasteiger partial charge in [0.2, 0.25) is 5.91 Å². The number of rotatable bonds is 14. The number of ether oxygens (including phenoxy) is 3. The number of aromatic hydroxyl groups is 1. The zero-order chi connectivity index (χ0) is 32.0. The molecule has 4 aromatic carbocycles. The molecular weight excluding hydrogens is 572 g/mol. The highest BCUT2D eigenvalue weighted by atomic mass is 16.5. The largest absolute Gasteiger partial charge is 0.504 e. The number of phenolic OH excluding ortho intramolecular Hbond substituents is 1. The molecule has 9 nitrogen and oxygen atoms in total. The van der Waals surface area contributed by atoms with Crippen LogP contribution >= 0.6 is 0 Å². The highest BCUT2D eigenvalue weighted by Crippen LogP contribution is 2.28. The molecule has 0 heterocycles. The minimum atomic E-state index is -1.12. The van der Waals surface area contributed by atoms with Gasteiger partial charge in [0, 0.05) is 6.42 Å². The monoisotopic (exact) mass is 610 g/mol. The van der Waals surface area contributed by atoms with Gasteiger partial charge in [0.1, 0.15) is 31.9 Å². The fourth-order valence-corrected chi connectivity index (χ4v) is 4.46. The maximum absolute atomic E-state index is 13.6. The first kappa shape index (κ1) is 32.6. The molecular formula is C36H38N2O7. The molecule has 0 aliphatic heterocycles. The minimum absolute atomic E-state index is 0.0120. The Morgan fingerprint density at radius 3 is 1.76 bits per heavy atom. The second-order valence-corrected chi connectivity index (χ2v) is 10.9. The zero-order valence-corrected chi connectivity index (χ0v) is 25.3. The maximum atomic E-state index is 13.6. The molecule has 3 N–H and O–H groups in total. The van der Waals surface area contributed by atoms with Crippen molar-refractivity contribution in [2.45, 2.75) is 52.2 Å². The van der Waals surface area contributed by atoms with Crippen LogP contribution in [0, 0.1) is 5.92 Å². The van der Waals surface area contributed by atoms with Gasteiger partial charge in [-0.3, -0.25) is 4.79 Å². The van der Waals surface area contributed by atoms with Crippen LogP contribution in [0.2, 0.25) is 0 Å². The van der Waals surface area contributed by atoms with Gasteiger partial charge in [-0.2, -0.15) is 0 Å². The van der Waals surface area contributed by atoms with Crippen LogP contribution < -0.4 is 15.4 Å². The first-order valence-electron chi connectivity index (χ1n) is 14.7. The third-order valence-corrected chi connectivity index (χ3v) is 6.96. The number of benzene rings is 4. The summed E-state index contributed by atoms with van der Waals surface area (Å²) in [7, 11) is 0. The summed E-state index contributed by atoms with van der Waals surface area (Å²) in [5.41, 5.74) is 3.12. The summed E-state index contributed by atoms with van der Waals surface area (Å²) < 4.78 is 16.7. The summed E-state index contributed by atoms with van der Waals surface area (Å²) in [6.45, 7) is 3.89. The lowest BCUT2D eigenvalue weighted by Gasteiger charge is -2.25. The van der Waals surface area contributed by atoms with Gasteiger partial charge < -0.3 is 30.0 Å². The molecule has 0 saturated heterocycles. The standard InChI is InChI=1S/C36H38N2O7/c1-25(2)33(35(41)44-23-27-14-8-4-9-15-27)38-34(40)30(37-36(42)45-24-28-16-10-5-11-17-28)20-29-18-19-31(39)32(21-29)43-22-26-12-6-3-7-13-26/h3-19,21,25,30,33,39H,20,22-24H2,1-2H3,(H,37,42)(H,38,40)/t30-,33?/m0/s1. The van der Waals surface area contributed by atoms with Crippen molar-refractivity contribution in [2.75, 3.05) is 0 Å². The van der Waals surface area contributed by atoms with Crippen molar-refractivity contribution in [1.29, 1.82) is 0 Å². The molecule has 0 aliphatic carbocycles. The minimum Gasteiger partial charge on any atom is -0.504 e. The van der Waals surface area contributed by atoms with Crippen molar-refractivity contribution in [1.82, 2.24) is 10.6 Å². The number of carbonyl (C=O) groups excluding carboxylic acids is 3. The summed E-state index contributed by atoms with van der Waals surface area (Å²) in [6.07, 6.45) is -0.774. The van der Waals surface area contributed by atoms with Crippen LogP contribution in [-0.4, -0.2) is 35.2 Å². The molecule has 2 atom stereocenters. The van der Waals surface area contributed by atoms with E-state index in [2.05, 4.69) is 10.6 Å². The summed E-state index contributed by atoms with van der Waals surface area (Å²) in [5.74, 6) is -1.32. The van der Waals surface area contributed by atoms with E-state index in [0.29, 0.717) is 5.56 Å². The van der Waals surface area contributed by atoms with Gasteiger partial charge in [-0.1, -0.05) is 111 Å². The van der Waals surface area contributed by atoms with Gasteiger partial charge in [0.25, 0.3) is 0 Å². The SMILES string of the molecule is CC(C)C(NC(=O)[C@H](Cc1ccc(O)c(OCc2ccccc2)c1)NC(=O)OCc1ccccc1)C(=O)OCc1ccccc1. The Bertz CT molecular complexity index is 1530. The Kier molecular flexibility index (Phi) is 12.0. The van der Waals surface area contributed by atoms with Gasteiger partial charge in [-0.25, -0.2) is 9.59 Å². The predicted octanol–water partition coefficient (Wildman–Crippen LogP) is 5.69. The molecule has 0 saturated carbocycles.